The molecular weight excluding hydrogens is 277 g/mol. The second kappa shape index (κ2) is 5.12. The monoisotopic (exact) mass is 288 g/mol. The highest BCUT2D eigenvalue weighted by atomic mass is 19.4. The number of nitrogens with one attached hydrogen (secondary N) is 1. The molecule has 2 rings (SSSR count). The van der Waals surface area contributed by atoms with E-state index < -0.39 is 36.2 Å². The molecule has 1 aliphatic rings. The van der Waals surface area contributed by atoms with Crippen LogP contribution < -0.4 is 5.43 Å². The van der Waals surface area contributed by atoms with Crippen LogP contribution in [0.4, 0.5) is 13.2 Å². The SMILES string of the molecule is O=C(O)CN1NC(=O)CC1c1cccc(C(F)(F)F)c1. The second-order valence-electron chi connectivity index (χ2n) is 4.40. The van der Waals surface area contributed by atoms with E-state index in [4.69, 9.17) is 5.11 Å². The first kappa shape index (κ1) is 14.3. The lowest BCUT2D eigenvalue weighted by Gasteiger charge is -2.22. The van der Waals surface area contributed by atoms with E-state index in [-0.39, 0.29) is 12.0 Å². The number of carbonyl (C=O) groups excluding carboxylic acids is 1. The van der Waals surface area contributed by atoms with Gasteiger partial charge in [-0.25, -0.2) is 5.01 Å². The van der Waals surface area contributed by atoms with Crippen molar-refractivity contribution in [3.05, 3.63) is 35.4 Å². The van der Waals surface area contributed by atoms with E-state index in [0.29, 0.717) is 0 Å². The van der Waals surface area contributed by atoms with Crippen LogP contribution in [0.2, 0.25) is 0 Å². The minimum Gasteiger partial charge on any atom is -0.480 e. The maximum Gasteiger partial charge on any atom is 0.416 e. The predicted octanol–water partition coefficient (Wildman–Crippen LogP) is 1.57. The summed E-state index contributed by atoms with van der Waals surface area (Å²) in [6.45, 7) is -0.480. The van der Waals surface area contributed by atoms with Gasteiger partial charge in [-0.3, -0.25) is 15.0 Å². The van der Waals surface area contributed by atoms with Crippen LogP contribution in [0.25, 0.3) is 0 Å². The number of aliphatic carboxylic acids is 1. The summed E-state index contributed by atoms with van der Waals surface area (Å²) in [4.78, 5) is 22.0. The van der Waals surface area contributed by atoms with Crippen molar-refractivity contribution < 1.29 is 27.9 Å². The number of carbonyl (C=O) groups is 2. The van der Waals surface area contributed by atoms with E-state index in [2.05, 4.69) is 5.43 Å². The van der Waals surface area contributed by atoms with Gasteiger partial charge in [0.15, 0.2) is 0 Å². The van der Waals surface area contributed by atoms with E-state index >= 15 is 0 Å². The molecule has 0 saturated carbocycles. The van der Waals surface area contributed by atoms with Crippen molar-refractivity contribution in [3.63, 3.8) is 0 Å². The molecule has 1 atom stereocenters. The van der Waals surface area contributed by atoms with E-state index in [1.807, 2.05) is 0 Å². The average molecular weight is 288 g/mol. The Balaban J connectivity index is 2.29. The van der Waals surface area contributed by atoms with Crippen molar-refractivity contribution in [1.29, 1.82) is 0 Å². The van der Waals surface area contributed by atoms with Crippen LogP contribution in [0.15, 0.2) is 24.3 Å². The van der Waals surface area contributed by atoms with Crippen molar-refractivity contribution in [3.8, 4) is 0 Å². The van der Waals surface area contributed by atoms with Crippen molar-refractivity contribution in [1.82, 2.24) is 10.4 Å². The number of hydrogen-bond donors (Lipinski definition) is 2. The first-order chi connectivity index (χ1) is 9.27. The largest absolute Gasteiger partial charge is 0.480 e. The first-order valence-corrected chi connectivity index (χ1v) is 5.72. The highest BCUT2D eigenvalue weighted by Gasteiger charge is 2.35. The van der Waals surface area contributed by atoms with Gasteiger partial charge in [-0.05, 0) is 17.7 Å². The number of carboxylic acids is 1. The minimum absolute atomic E-state index is 0.0748. The predicted molar refractivity (Wildman–Crippen MR) is 61.3 cm³/mol. The molecule has 0 spiro atoms. The van der Waals surface area contributed by atoms with Gasteiger partial charge in [-0.1, -0.05) is 12.1 Å². The van der Waals surface area contributed by atoms with Gasteiger partial charge >= 0.3 is 12.1 Å². The molecule has 1 aliphatic heterocycles. The van der Waals surface area contributed by atoms with Crippen LogP contribution in [-0.2, 0) is 15.8 Å². The van der Waals surface area contributed by atoms with Gasteiger partial charge < -0.3 is 5.11 Å². The summed E-state index contributed by atoms with van der Waals surface area (Å²) in [5.41, 5.74) is 1.74. The Morgan fingerprint density at radius 2 is 2.15 bits per heavy atom. The average Bonchev–Trinajstić information content (AvgIpc) is 2.68. The Labute approximate surface area is 112 Å². The number of nitrogens with zero attached hydrogens (tertiary/aromatic N) is 1. The number of amides is 1. The molecule has 108 valence electrons. The van der Waals surface area contributed by atoms with Crippen LogP contribution in [0.1, 0.15) is 23.6 Å². The fourth-order valence-corrected chi connectivity index (χ4v) is 2.09. The van der Waals surface area contributed by atoms with Gasteiger partial charge in [0.1, 0.15) is 6.54 Å². The molecule has 0 bridgehead atoms. The van der Waals surface area contributed by atoms with Crippen molar-refractivity contribution in [2.45, 2.75) is 18.6 Å². The van der Waals surface area contributed by atoms with Crippen molar-refractivity contribution in [2.24, 2.45) is 0 Å². The Kier molecular flexibility index (Phi) is 3.67. The normalized spacial score (nSPS) is 19.9. The summed E-state index contributed by atoms with van der Waals surface area (Å²) in [6, 6.07) is 3.81. The lowest BCUT2D eigenvalue weighted by molar-refractivity contribution is -0.140. The molecule has 1 amide bonds. The topological polar surface area (TPSA) is 69.6 Å². The van der Waals surface area contributed by atoms with Gasteiger partial charge in [0, 0.05) is 6.42 Å². The van der Waals surface area contributed by atoms with Crippen LogP contribution in [-0.4, -0.2) is 28.5 Å². The molecule has 1 fully saturated rings. The summed E-state index contributed by atoms with van der Waals surface area (Å²) in [6.07, 6.45) is -4.56. The fraction of sp³-hybridized carbons (Fsp3) is 0.333. The van der Waals surface area contributed by atoms with Gasteiger partial charge in [0.2, 0.25) is 5.91 Å². The number of alkyl halides is 3. The van der Waals surface area contributed by atoms with Gasteiger partial charge in [-0.15, -0.1) is 0 Å². The zero-order valence-electron chi connectivity index (χ0n) is 10.1. The van der Waals surface area contributed by atoms with E-state index in [1.165, 1.54) is 12.1 Å². The summed E-state index contributed by atoms with van der Waals surface area (Å²) >= 11 is 0. The van der Waals surface area contributed by atoms with E-state index in [9.17, 15) is 22.8 Å². The zero-order chi connectivity index (χ0) is 14.9. The summed E-state index contributed by atoms with van der Waals surface area (Å²) in [5.74, 6) is -1.60. The molecular formula is C12H11F3N2O3. The molecule has 1 heterocycles. The van der Waals surface area contributed by atoms with E-state index in [0.717, 1.165) is 17.1 Å². The third-order valence-electron chi connectivity index (χ3n) is 2.93. The number of rotatable bonds is 3. The Morgan fingerprint density at radius 1 is 1.45 bits per heavy atom. The lowest BCUT2D eigenvalue weighted by atomic mass is 10.0. The van der Waals surface area contributed by atoms with Crippen LogP contribution in [0.3, 0.4) is 0 Å². The molecule has 8 heteroatoms. The number of benzene rings is 1. The van der Waals surface area contributed by atoms with Crippen molar-refractivity contribution in [2.75, 3.05) is 6.54 Å². The van der Waals surface area contributed by atoms with Crippen LogP contribution >= 0.6 is 0 Å². The standard InChI is InChI=1S/C12H11F3N2O3/c13-12(14,15)8-3-1-2-7(4-8)9-5-10(18)16-17(9)6-11(19)20/h1-4,9H,5-6H2,(H,16,18)(H,19,20). The zero-order valence-corrected chi connectivity index (χ0v) is 10.1. The molecule has 1 unspecified atom stereocenters. The number of hydrogen-bond acceptors (Lipinski definition) is 3. The molecule has 1 saturated heterocycles. The van der Waals surface area contributed by atoms with Gasteiger partial charge in [0.05, 0.1) is 11.6 Å². The molecule has 5 nitrogen and oxygen atoms in total. The first-order valence-electron chi connectivity index (χ1n) is 5.72. The van der Waals surface area contributed by atoms with E-state index in [1.54, 1.807) is 0 Å². The summed E-state index contributed by atoms with van der Waals surface area (Å²) in [7, 11) is 0. The minimum atomic E-state index is -4.48. The maximum atomic E-state index is 12.6. The Morgan fingerprint density at radius 3 is 2.75 bits per heavy atom. The second-order valence-corrected chi connectivity index (χ2v) is 4.40. The third-order valence-corrected chi connectivity index (χ3v) is 2.93. The molecule has 0 aliphatic carbocycles. The summed E-state index contributed by atoms with van der Waals surface area (Å²) < 4.78 is 37.9. The molecule has 2 N–H and O–H groups in total. The van der Waals surface area contributed by atoms with Crippen molar-refractivity contribution >= 4 is 11.9 Å². The van der Waals surface area contributed by atoms with Crippen LogP contribution in [0, 0.1) is 0 Å². The number of halogens is 3. The van der Waals surface area contributed by atoms with Crippen LogP contribution in [0.5, 0.6) is 0 Å². The third kappa shape index (κ3) is 3.08. The summed E-state index contributed by atoms with van der Waals surface area (Å²) in [5, 5.41) is 9.86. The van der Waals surface area contributed by atoms with Gasteiger partial charge in [-0.2, -0.15) is 13.2 Å². The lowest BCUT2D eigenvalue weighted by Crippen LogP contribution is -2.38. The smallest absolute Gasteiger partial charge is 0.416 e. The molecule has 20 heavy (non-hydrogen) atoms. The molecule has 1 aromatic rings. The molecule has 0 radical (unpaired) electrons. The highest BCUT2D eigenvalue weighted by molar-refractivity contribution is 5.79. The molecule has 1 aromatic carbocycles. The Hall–Kier alpha value is -2.09. The number of hydrazine groups is 1. The fourth-order valence-electron chi connectivity index (χ4n) is 2.09. The number of carboxylic acid groups (broad SMARTS) is 1. The Bertz CT molecular complexity index is 545. The molecule has 0 aromatic heterocycles. The highest BCUT2D eigenvalue weighted by Crippen LogP contribution is 2.33. The quantitative estimate of drug-likeness (QED) is 0.885. The maximum absolute atomic E-state index is 12.6. The van der Waals surface area contributed by atoms with Gasteiger partial charge in [0.25, 0.3) is 0 Å².